The second-order valence-electron chi connectivity index (χ2n) is 26.8. The quantitative estimate of drug-likeness (QED) is 0.0342. The monoisotopic (exact) mass is 1490 g/mol. The minimum Gasteiger partial charge on any atom is -0.458 e. The van der Waals surface area contributed by atoms with Crippen LogP contribution in [0.4, 0.5) is 57.1 Å². The fourth-order valence-electron chi connectivity index (χ4n) is 9.38. The Morgan fingerprint density at radius 1 is 0.448 bits per heavy atom. The number of rotatable bonds is 10. The maximum absolute atomic E-state index is 13.3. The van der Waals surface area contributed by atoms with E-state index in [0.717, 1.165) is 28.2 Å². The maximum atomic E-state index is 13.3. The SMILES string of the molecule is CC(C)/C=C/c1c(F)c(F)c(F)c(F)c1F.CC(C)B(c1ccccc1)c1ccccc1.CC(C)B1c2ccccc2Oc2ccccc21.CC(C)C#CC#N.CC(C)C#CC(F)(F)F.CC(C)C#Cc1c(F)c(F)c(F)c(F)c1F.CC(C)P(=O)(c1ccccc1)c1ccccc1.CC(C)P(C)(C)=O. The zero-order valence-corrected chi connectivity index (χ0v) is 64.4. The number of nitriles is 1. The lowest BCUT2D eigenvalue weighted by molar-refractivity contribution is -0.0698. The van der Waals surface area contributed by atoms with Crippen molar-refractivity contribution in [2.45, 2.75) is 140 Å². The highest BCUT2D eigenvalue weighted by molar-refractivity contribution is 7.79. The van der Waals surface area contributed by atoms with Crippen LogP contribution in [0, 0.1) is 129 Å². The Morgan fingerprint density at radius 2 is 0.781 bits per heavy atom. The Hall–Kier alpha value is -8.85. The summed E-state index contributed by atoms with van der Waals surface area (Å²) in [7, 11) is -4.23. The van der Waals surface area contributed by atoms with Gasteiger partial charge in [0.2, 0.25) is 25.1 Å². The second-order valence-corrected chi connectivity index (χ2v) is 34.1. The van der Waals surface area contributed by atoms with Crippen molar-refractivity contribution in [3.63, 3.8) is 0 Å². The summed E-state index contributed by atoms with van der Waals surface area (Å²) in [6, 6.07) is 59.5. The van der Waals surface area contributed by atoms with Crippen molar-refractivity contribution in [3.05, 3.63) is 245 Å². The normalized spacial score (nSPS) is 11.2. The Labute approximate surface area is 614 Å². The number of hydrogen-bond acceptors (Lipinski definition) is 4. The standard InChI is InChI=1S/C15H15BO.C15H17B.C15H17OP.C11H9F5.C11H7F5.C6H7F3.C6H7N.C5H13OP/c1-11(2)16-12-7-3-5-9-14(12)17-15-10-6-4-8-13(15)16;1-13(2)16(14-9-5-3-6-10-14)15-11-7-4-8-12-15;1-13(2)17(16,14-9-5-3-6-10-14)15-11-7-4-8-12-15;2*1-5(2)3-4-6-7(12)9(14)11(16)10(15)8(6)13;1-5(2)3-4-6(7,8)9;1-6(2)4-3-5-7;1-5(2)7(3,4)6/h3-11H,1-2H3;3-13H,1-2H3;3-13H,1-2H3;3-5H,1-2H3;5H,1-2H3;5H,1-2H3;6H,1-2H3;5H,1-4H3/b;;;4-3+;;;;. The van der Waals surface area contributed by atoms with Gasteiger partial charge >= 0.3 is 6.18 Å². The Bertz CT molecular complexity index is 4200. The summed E-state index contributed by atoms with van der Waals surface area (Å²) in [6.45, 7) is 35.5. The topological polar surface area (TPSA) is 67.2 Å². The molecular weight excluding hydrogens is 1400 g/mol. The average Bonchev–Trinajstić information content (AvgIpc) is 0.804. The molecule has 1 aliphatic heterocycles. The van der Waals surface area contributed by atoms with E-state index in [1.54, 1.807) is 47.6 Å². The molecule has 0 fully saturated rings. The van der Waals surface area contributed by atoms with E-state index >= 15 is 0 Å². The Balaban J connectivity index is 0.000000416. The van der Waals surface area contributed by atoms with Crippen LogP contribution >= 0.6 is 14.3 Å². The highest BCUT2D eigenvalue weighted by Gasteiger charge is 2.34. The molecule has 0 radical (unpaired) electrons. The number of benzene rings is 8. The largest absolute Gasteiger partial charge is 0.458 e. The molecule has 8 aromatic rings. The van der Waals surface area contributed by atoms with Gasteiger partial charge in [-0.2, -0.15) is 18.4 Å². The van der Waals surface area contributed by atoms with Crippen molar-refractivity contribution in [2.24, 2.45) is 23.7 Å². The van der Waals surface area contributed by atoms with Gasteiger partial charge in [-0.25, -0.2) is 43.9 Å². The van der Waals surface area contributed by atoms with Crippen LogP contribution in [0.25, 0.3) is 6.08 Å². The third kappa shape index (κ3) is 30.3. The van der Waals surface area contributed by atoms with Crippen LogP contribution < -0.4 is 37.2 Å². The fourth-order valence-corrected chi connectivity index (χ4v) is 12.1. The summed E-state index contributed by atoms with van der Waals surface area (Å²) in [5.41, 5.74) is 3.89. The number of ether oxygens (including phenoxy) is 1. The summed E-state index contributed by atoms with van der Waals surface area (Å²) in [4.78, 5) is 0. The van der Waals surface area contributed by atoms with Gasteiger partial charge in [0, 0.05) is 51.5 Å². The molecule has 0 aliphatic carbocycles. The van der Waals surface area contributed by atoms with Crippen molar-refractivity contribution in [2.75, 3.05) is 13.3 Å². The molecule has 0 saturated heterocycles. The first-order valence-electron chi connectivity index (χ1n) is 34.0. The Kier molecular flexibility index (Phi) is 39.4. The van der Waals surface area contributed by atoms with Gasteiger partial charge in [0.15, 0.2) is 52.6 Å². The molecular formula is C84H92B2F13NO3P2. The predicted octanol–water partition coefficient (Wildman–Crippen LogP) is 21.8. The van der Waals surface area contributed by atoms with Crippen molar-refractivity contribution in [1.82, 2.24) is 0 Å². The molecule has 0 spiro atoms. The molecule has 0 saturated carbocycles. The molecule has 0 N–H and O–H groups in total. The third-order valence-corrected chi connectivity index (χ3v) is 21.2. The van der Waals surface area contributed by atoms with Crippen LogP contribution in [0.5, 0.6) is 11.5 Å². The van der Waals surface area contributed by atoms with E-state index in [1.165, 1.54) is 33.8 Å². The number of para-hydroxylation sites is 2. The summed E-state index contributed by atoms with van der Waals surface area (Å²) in [5.74, 6) is -4.11. The predicted molar refractivity (Wildman–Crippen MR) is 411 cm³/mol. The summed E-state index contributed by atoms with van der Waals surface area (Å²) in [6.07, 6.45) is -2.09. The highest BCUT2D eigenvalue weighted by Crippen LogP contribution is 2.48. The molecule has 558 valence electrons. The van der Waals surface area contributed by atoms with Crippen molar-refractivity contribution in [3.8, 4) is 53.1 Å². The Morgan fingerprint density at radius 3 is 1.07 bits per heavy atom. The van der Waals surface area contributed by atoms with E-state index in [-0.39, 0.29) is 23.4 Å². The first-order valence-corrected chi connectivity index (χ1v) is 38.4. The van der Waals surface area contributed by atoms with E-state index < -0.39 is 89.8 Å². The van der Waals surface area contributed by atoms with Gasteiger partial charge in [-0.05, 0) is 42.3 Å². The lowest BCUT2D eigenvalue weighted by atomic mass is 9.33. The van der Waals surface area contributed by atoms with Gasteiger partial charge in [0.05, 0.1) is 12.7 Å². The van der Waals surface area contributed by atoms with Crippen molar-refractivity contribution in [1.29, 1.82) is 5.26 Å². The molecule has 0 bridgehead atoms. The van der Waals surface area contributed by atoms with E-state index in [1.807, 2.05) is 140 Å². The van der Waals surface area contributed by atoms with E-state index in [0.29, 0.717) is 36.6 Å². The van der Waals surface area contributed by atoms with Crippen molar-refractivity contribution >= 4 is 66.2 Å². The van der Waals surface area contributed by atoms with Gasteiger partial charge in [0.1, 0.15) is 24.2 Å². The molecule has 8 aromatic carbocycles. The molecule has 1 aliphatic rings. The smallest absolute Gasteiger partial charge is 0.457 e. The van der Waals surface area contributed by atoms with Gasteiger partial charge in [0.25, 0.3) is 0 Å². The minimum atomic E-state index is -4.33. The molecule has 21 heteroatoms. The molecule has 0 unspecified atom stereocenters. The van der Waals surface area contributed by atoms with Gasteiger partial charge in [-0.15, -0.1) is 0 Å². The van der Waals surface area contributed by atoms with Crippen LogP contribution in [-0.4, -0.2) is 44.2 Å². The second kappa shape index (κ2) is 44.8. The molecule has 1 heterocycles. The van der Waals surface area contributed by atoms with E-state index in [2.05, 4.69) is 143 Å². The molecule has 0 amide bonds. The van der Waals surface area contributed by atoms with Crippen LogP contribution in [0.1, 0.15) is 122 Å². The highest BCUT2D eigenvalue weighted by atomic mass is 31.2. The number of fused-ring (bicyclic) bond motifs is 2. The van der Waals surface area contributed by atoms with Gasteiger partial charge in [-0.1, -0.05) is 327 Å². The maximum Gasteiger partial charge on any atom is 0.457 e. The van der Waals surface area contributed by atoms with E-state index in [9.17, 15) is 66.2 Å². The zero-order valence-electron chi connectivity index (χ0n) is 62.6. The molecule has 0 atom stereocenters. The number of alkyl halides is 3. The lowest BCUT2D eigenvalue weighted by Gasteiger charge is -2.28. The van der Waals surface area contributed by atoms with Crippen LogP contribution in [0.15, 0.2) is 176 Å². The fraction of sp³-hybridized carbons (Fsp3) is 0.321. The van der Waals surface area contributed by atoms with Crippen LogP contribution in [-0.2, 0) is 9.13 Å². The molecule has 105 heavy (non-hydrogen) atoms. The number of nitrogens with zero attached hydrogens (tertiary/aromatic N) is 1. The molecule has 9 rings (SSSR count). The number of halogens is 13. The van der Waals surface area contributed by atoms with Crippen molar-refractivity contribution < 1.29 is 70.9 Å². The molecule has 0 aromatic heterocycles. The van der Waals surface area contributed by atoms with E-state index in [4.69, 9.17) is 10.00 Å². The first kappa shape index (κ1) is 92.2. The average molecular weight is 1490 g/mol. The van der Waals surface area contributed by atoms with Crippen LogP contribution in [0.3, 0.4) is 0 Å². The third-order valence-electron chi connectivity index (χ3n) is 15.1. The first-order chi connectivity index (χ1) is 49.1. The minimum absolute atomic E-state index is 0.0602. The zero-order chi connectivity index (χ0) is 79.7. The number of allylic oxidation sites excluding steroid dienone is 1. The van der Waals surface area contributed by atoms with Crippen LogP contribution in [0.2, 0.25) is 11.6 Å². The lowest BCUT2D eigenvalue weighted by Crippen LogP contribution is -2.48. The molecule has 4 nitrogen and oxygen atoms in total. The number of hydrogen-bond donors (Lipinski definition) is 0. The van der Waals surface area contributed by atoms with Gasteiger partial charge < -0.3 is 13.9 Å². The summed E-state index contributed by atoms with van der Waals surface area (Å²) >= 11 is 0. The summed E-state index contributed by atoms with van der Waals surface area (Å²) in [5, 5.41) is 9.78. The van der Waals surface area contributed by atoms with Gasteiger partial charge in [-0.3, -0.25) is 0 Å². The summed E-state index contributed by atoms with van der Waals surface area (Å²) < 4.78 is 192.